The Morgan fingerprint density at radius 2 is 1.09 bits per heavy atom. The molecule has 0 aliphatic carbocycles. The molecular formula is C54H78O4. The first-order valence-electron chi connectivity index (χ1n) is 22.4. The van der Waals surface area contributed by atoms with Gasteiger partial charge in [0.15, 0.2) is 23.0 Å². The van der Waals surface area contributed by atoms with Crippen molar-refractivity contribution in [1.29, 1.82) is 0 Å². The molecule has 2 N–H and O–H groups in total. The molecule has 0 saturated carbocycles. The lowest BCUT2D eigenvalue weighted by molar-refractivity contribution is 0.0539. The lowest BCUT2D eigenvalue weighted by atomic mass is 9.78. The van der Waals surface area contributed by atoms with E-state index in [2.05, 4.69) is 120 Å². The van der Waals surface area contributed by atoms with E-state index in [-0.39, 0.29) is 23.2 Å². The zero-order valence-corrected chi connectivity index (χ0v) is 38.6. The Hall–Kier alpha value is -3.92. The van der Waals surface area contributed by atoms with E-state index in [0.717, 1.165) is 130 Å². The third-order valence-corrected chi connectivity index (χ3v) is 12.5. The molecule has 0 bridgehead atoms. The van der Waals surface area contributed by atoms with Crippen molar-refractivity contribution in [2.24, 2.45) is 5.92 Å². The summed E-state index contributed by atoms with van der Waals surface area (Å²) < 4.78 is 13.4. The number of aryl methyl sites for hydroxylation is 2. The molecule has 2 aromatic carbocycles. The second-order valence-electron chi connectivity index (χ2n) is 18.7. The Bertz CT molecular complexity index is 1900. The Kier molecular flexibility index (Phi) is 17.7. The number of allylic oxidation sites excluding steroid dienone is 12. The number of aromatic hydroxyl groups is 2. The van der Waals surface area contributed by atoms with Gasteiger partial charge in [-0.25, -0.2) is 0 Å². The lowest BCUT2D eigenvalue weighted by Gasteiger charge is -2.38. The maximum atomic E-state index is 11.4. The van der Waals surface area contributed by atoms with E-state index in [4.69, 9.17) is 9.47 Å². The lowest BCUT2D eigenvalue weighted by Crippen LogP contribution is -2.36. The second-order valence-corrected chi connectivity index (χ2v) is 18.7. The van der Waals surface area contributed by atoms with Gasteiger partial charge in [0.1, 0.15) is 5.60 Å². The summed E-state index contributed by atoms with van der Waals surface area (Å²) in [6.07, 6.45) is 29.5. The first kappa shape index (κ1) is 46.8. The molecule has 0 aromatic heterocycles. The topological polar surface area (TPSA) is 58.9 Å². The summed E-state index contributed by atoms with van der Waals surface area (Å²) in [7, 11) is 0. The van der Waals surface area contributed by atoms with Crippen LogP contribution in [0.25, 0.3) is 11.1 Å². The summed E-state index contributed by atoms with van der Waals surface area (Å²) >= 11 is 0. The van der Waals surface area contributed by atoms with E-state index in [9.17, 15) is 10.2 Å². The number of rotatable bonds is 19. The average molecular weight is 791 g/mol. The van der Waals surface area contributed by atoms with Crippen molar-refractivity contribution in [3.63, 3.8) is 0 Å². The van der Waals surface area contributed by atoms with Crippen molar-refractivity contribution in [2.75, 3.05) is 0 Å². The van der Waals surface area contributed by atoms with Crippen LogP contribution in [-0.2, 0) is 12.8 Å². The van der Waals surface area contributed by atoms with E-state index >= 15 is 0 Å². The van der Waals surface area contributed by atoms with Gasteiger partial charge in [0, 0.05) is 17.0 Å². The van der Waals surface area contributed by atoms with Crippen molar-refractivity contribution in [3.05, 3.63) is 104 Å². The fourth-order valence-electron chi connectivity index (χ4n) is 8.83. The van der Waals surface area contributed by atoms with Crippen LogP contribution in [-0.4, -0.2) is 21.9 Å². The fraction of sp³-hybridized carbons (Fsp3) is 0.556. The molecule has 58 heavy (non-hydrogen) atoms. The number of ether oxygens (including phenoxy) is 2. The van der Waals surface area contributed by atoms with E-state index in [1.807, 2.05) is 12.1 Å². The third kappa shape index (κ3) is 13.6. The van der Waals surface area contributed by atoms with Crippen molar-refractivity contribution in [2.45, 2.75) is 191 Å². The average Bonchev–Trinajstić information content (AvgIpc) is 3.13. The van der Waals surface area contributed by atoms with Crippen LogP contribution >= 0.6 is 0 Å². The van der Waals surface area contributed by atoms with Gasteiger partial charge in [-0.05, 0) is 214 Å². The molecule has 0 saturated heterocycles. The van der Waals surface area contributed by atoms with E-state index in [1.165, 1.54) is 33.4 Å². The fourth-order valence-corrected chi connectivity index (χ4v) is 8.83. The molecule has 2 aliphatic heterocycles. The van der Waals surface area contributed by atoms with Crippen LogP contribution < -0.4 is 9.47 Å². The van der Waals surface area contributed by atoms with Crippen molar-refractivity contribution < 1.29 is 19.7 Å². The summed E-state index contributed by atoms with van der Waals surface area (Å²) in [5.74, 6) is 1.98. The van der Waals surface area contributed by atoms with Gasteiger partial charge in [0.05, 0.1) is 6.10 Å². The Morgan fingerprint density at radius 3 is 1.60 bits per heavy atom. The Morgan fingerprint density at radius 1 is 0.638 bits per heavy atom. The molecule has 0 spiro atoms. The number of phenolic OH excluding ortho intramolecular Hbond substituents is 2. The van der Waals surface area contributed by atoms with Crippen LogP contribution in [0.1, 0.15) is 175 Å². The van der Waals surface area contributed by atoms with Crippen LogP contribution in [0.4, 0.5) is 0 Å². The van der Waals surface area contributed by atoms with Crippen LogP contribution in [0.15, 0.2) is 82.0 Å². The normalized spacial score (nSPS) is 19.9. The molecule has 2 aliphatic rings. The van der Waals surface area contributed by atoms with E-state index < -0.39 is 0 Å². The molecule has 318 valence electrons. The number of hydrogen-bond acceptors (Lipinski definition) is 4. The number of benzene rings is 2. The van der Waals surface area contributed by atoms with Gasteiger partial charge < -0.3 is 19.7 Å². The van der Waals surface area contributed by atoms with Gasteiger partial charge in [-0.15, -0.1) is 0 Å². The van der Waals surface area contributed by atoms with Gasteiger partial charge in [0.25, 0.3) is 0 Å². The number of hydrogen-bond donors (Lipinski definition) is 2. The molecule has 4 heteroatoms. The zero-order valence-electron chi connectivity index (χ0n) is 38.6. The highest BCUT2D eigenvalue weighted by atomic mass is 16.5. The van der Waals surface area contributed by atoms with Gasteiger partial charge in [-0.2, -0.15) is 0 Å². The Balaban J connectivity index is 1.46. The van der Waals surface area contributed by atoms with Crippen LogP contribution in [0.3, 0.4) is 0 Å². The molecular weight excluding hydrogens is 713 g/mol. The van der Waals surface area contributed by atoms with Crippen LogP contribution in [0.2, 0.25) is 0 Å². The number of phenols is 2. The zero-order chi connectivity index (χ0) is 42.6. The van der Waals surface area contributed by atoms with Crippen LogP contribution in [0.5, 0.6) is 23.0 Å². The van der Waals surface area contributed by atoms with Crippen molar-refractivity contribution in [1.82, 2.24) is 0 Å². The molecule has 2 heterocycles. The first-order valence-corrected chi connectivity index (χ1v) is 22.4. The highest BCUT2D eigenvalue weighted by Crippen LogP contribution is 2.52. The minimum atomic E-state index is -0.367. The van der Waals surface area contributed by atoms with Gasteiger partial charge in [-0.1, -0.05) is 69.9 Å². The van der Waals surface area contributed by atoms with Crippen molar-refractivity contribution >= 4 is 0 Å². The molecule has 4 rings (SSSR count). The SMILES string of the molecule is CC(C)=CCCC(C)=CCCC(C)=CCCC1Cc2c(c(O)cc(C)c2-c2c(C)cc(O)c3c2CCC(C)(CCC=C(C)CCC=C(C)CCC=C(C)C)O3)OC1C. The minimum absolute atomic E-state index is 0.00350. The summed E-state index contributed by atoms with van der Waals surface area (Å²) in [6.45, 7) is 26.2. The summed E-state index contributed by atoms with van der Waals surface area (Å²) in [4.78, 5) is 0. The molecule has 3 unspecified atom stereocenters. The highest BCUT2D eigenvalue weighted by Gasteiger charge is 2.37. The van der Waals surface area contributed by atoms with Crippen LogP contribution in [0, 0.1) is 19.8 Å². The van der Waals surface area contributed by atoms with E-state index in [0.29, 0.717) is 17.4 Å². The molecule has 0 amide bonds. The van der Waals surface area contributed by atoms with Crippen molar-refractivity contribution in [3.8, 4) is 34.1 Å². The van der Waals surface area contributed by atoms with E-state index in [1.54, 1.807) is 0 Å². The second kappa shape index (κ2) is 21.9. The van der Waals surface area contributed by atoms with Gasteiger partial charge in [0.2, 0.25) is 0 Å². The summed E-state index contributed by atoms with van der Waals surface area (Å²) in [5, 5.41) is 22.6. The summed E-state index contributed by atoms with van der Waals surface area (Å²) in [5.41, 5.74) is 14.7. The molecule has 0 radical (unpaired) electrons. The number of fused-ring (bicyclic) bond motifs is 2. The minimum Gasteiger partial charge on any atom is -0.504 e. The standard InChI is InChI=1S/C54H78O4/c1-36(2)19-13-21-38(5)23-15-25-40(7)27-17-29-45-35-47-51(43(10)33-48(55)52(47)57-44(45)11)50-42(9)34-49(56)53-46(50)30-32-54(12,58-53)31-18-28-41(8)26-16-24-39(6)22-14-20-37(3)4/h19-20,23-24,27-28,33-34,44-45,55-56H,13-18,21-22,25-26,29-32,35H2,1-12H3. The monoisotopic (exact) mass is 791 g/mol. The highest BCUT2D eigenvalue weighted by molar-refractivity contribution is 5.83. The molecule has 4 nitrogen and oxygen atoms in total. The smallest absolute Gasteiger partial charge is 0.165 e. The predicted molar refractivity (Wildman–Crippen MR) is 249 cm³/mol. The largest absolute Gasteiger partial charge is 0.504 e. The molecule has 2 aromatic rings. The predicted octanol–water partition coefficient (Wildman–Crippen LogP) is 15.8. The Labute approximate surface area is 353 Å². The maximum Gasteiger partial charge on any atom is 0.165 e. The van der Waals surface area contributed by atoms with Gasteiger partial charge >= 0.3 is 0 Å². The quantitative estimate of drug-likeness (QED) is 0.139. The molecule has 3 atom stereocenters. The third-order valence-electron chi connectivity index (χ3n) is 12.5. The van der Waals surface area contributed by atoms with Gasteiger partial charge in [-0.3, -0.25) is 0 Å². The maximum absolute atomic E-state index is 11.4. The summed E-state index contributed by atoms with van der Waals surface area (Å²) in [6, 6.07) is 3.73. The first-order chi connectivity index (χ1) is 27.5. The molecule has 0 fully saturated rings.